The van der Waals surface area contributed by atoms with Crippen LogP contribution in [0.1, 0.15) is 23.0 Å². The van der Waals surface area contributed by atoms with Gasteiger partial charge >= 0.3 is 5.97 Å². The summed E-state index contributed by atoms with van der Waals surface area (Å²) in [5, 5.41) is 8.82. The summed E-state index contributed by atoms with van der Waals surface area (Å²) in [7, 11) is 0. The van der Waals surface area contributed by atoms with Crippen LogP contribution in [0.5, 0.6) is 0 Å². The Hall–Kier alpha value is -1.80. The predicted octanol–water partition coefficient (Wildman–Crippen LogP) is 1.41. The summed E-state index contributed by atoms with van der Waals surface area (Å²) >= 11 is 1.08. The molecule has 0 amide bonds. The summed E-state index contributed by atoms with van der Waals surface area (Å²) in [6.07, 6.45) is 1.48. The zero-order valence-corrected chi connectivity index (χ0v) is 9.37. The third-order valence-electron chi connectivity index (χ3n) is 1.59. The van der Waals surface area contributed by atoms with Crippen molar-refractivity contribution in [3.8, 4) is 11.8 Å². The normalized spacial score (nSPS) is 9.06. The number of hydrogen-bond acceptors (Lipinski definition) is 4. The van der Waals surface area contributed by atoms with Crippen LogP contribution in [0.25, 0.3) is 0 Å². The summed E-state index contributed by atoms with van der Waals surface area (Å²) in [5.41, 5.74) is 0.293. The molecule has 82 valence electrons. The second-order valence-corrected chi connectivity index (χ2v) is 3.94. The van der Waals surface area contributed by atoms with Gasteiger partial charge in [-0.1, -0.05) is 17.7 Å². The molecular weight excluding hydrogens is 226 g/mol. The van der Waals surface area contributed by atoms with E-state index in [2.05, 4.69) is 16.8 Å². The number of nitrogens with zero attached hydrogens (tertiary/aromatic N) is 1. The zero-order chi connectivity index (χ0) is 12.0. The van der Waals surface area contributed by atoms with Crippen LogP contribution in [0.3, 0.4) is 0 Å². The van der Waals surface area contributed by atoms with Crippen LogP contribution in [-0.4, -0.2) is 26.9 Å². The molecule has 1 rings (SSSR count). The molecule has 0 saturated heterocycles. The molecule has 0 bridgehead atoms. The van der Waals surface area contributed by atoms with E-state index < -0.39 is 5.97 Å². The highest BCUT2D eigenvalue weighted by atomic mass is 32.2. The maximum absolute atomic E-state index is 10.8. The van der Waals surface area contributed by atoms with Crippen LogP contribution in [-0.2, 0) is 4.79 Å². The van der Waals surface area contributed by atoms with Gasteiger partial charge in [-0.25, -0.2) is 9.78 Å². The van der Waals surface area contributed by atoms with Gasteiger partial charge in [0, 0.05) is 13.1 Å². The van der Waals surface area contributed by atoms with Crippen molar-refractivity contribution >= 4 is 22.8 Å². The van der Waals surface area contributed by atoms with Crippen molar-refractivity contribution in [2.45, 2.75) is 6.92 Å². The summed E-state index contributed by atoms with van der Waals surface area (Å²) in [6.45, 7) is 1.45. The second kappa shape index (κ2) is 5.93. The molecule has 0 fully saturated rings. The molecule has 0 unspecified atom stereocenters. The smallest absolute Gasteiger partial charge is 0.338 e. The van der Waals surface area contributed by atoms with E-state index in [0.717, 1.165) is 11.8 Å². The number of aromatic nitrogens is 1. The van der Waals surface area contributed by atoms with E-state index in [1.807, 2.05) is 0 Å². The summed E-state index contributed by atoms with van der Waals surface area (Å²) in [4.78, 5) is 25.3. The van der Waals surface area contributed by atoms with Gasteiger partial charge in [-0.3, -0.25) is 4.79 Å². The Morgan fingerprint density at radius 3 is 2.94 bits per heavy atom. The molecule has 0 aromatic carbocycles. The Morgan fingerprint density at radius 1 is 1.56 bits per heavy atom. The number of carboxylic acids is 1. The summed E-state index contributed by atoms with van der Waals surface area (Å²) in [6, 6.07) is 2.98. The summed E-state index contributed by atoms with van der Waals surface area (Å²) in [5.74, 6) is 4.61. The molecule has 0 radical (unpaired) electrons. The third kappa shape index (κ3) is 3.75. The molecular formula is C11H9NO3S. The van der Waals surface area contributed by atoms with E-state index in [0.29, 0.717) is 5.75 Å². The lowest BCUT2D eigenvalue weighted by atomic mass is 10.2. The van der Waals surface area contributed by atoms with Crippen LogP contribution in [0, 0.1) is 11.8 Å². The maximum atomic E-state index is 10.8. The minimum absolute atomic E-state index is 0.0196. The lowest BCUT2D eigenvalue weighted by Gasteiger charge is -1.95. The van der Waals surface area contributed by atoms with Crippen LogP contribution >= 0.6 is 11.8 Å². The number of hydrogen-bond donors (Lipinski definition) is 1. The Labute approximate surface area is 97.1 Å². The molecule has 1 aromatic rings. The molecule has 0 aliphatic carbocycles. The van der Waals surface area contributed by atoms with E-state index in [1.54, 1.807) is 6.07 Å². The standard InChI is InChI=1S/C11H9NO3S/c1-8(13)16-7-3-5-10-9(11(14)15)4-2-6-12-10/h2,4,6H,7H2,1H3,(H,14,15). The molecule has 1 aromatic heterocycles. The van der Waals surface area contributed by atoms with Gasteiger partial charge in [0.05, 0.1) is 11.3 Å². The van der Waals surface area contributed by atoms with Crippen molar-refractivity contribution in [1.29, 1.82) is 0 Å². The van der Waals surface area contributed by atoms with Gasteiger partial charge in [0.25, 0.3) is 0 Å². The molecule has 0 spiro atoms. The number of carbonyl (C=O) groups excluding carboxylic acids is 1. The average Bonchev–Trinajstić information content (AvgIpc) is 2.24. The van der Waals surface area contributed by atoms with Gasteiger partial charge in [-0.05, 0) is 18.1 Å². The fourth-order valence-corrected chi connectivity index (χ4v) is 1.28. The first kappa shape index (κ1) is 12.3. The number of carbonyl (C=O) groups is 2. The highest BCUT2D eigenvalue weighted by molar-refractivity contribution is 8.13. The largest absolute Gasteiger partial charge is 0.478 e. The SMILES string of the molecule is CC(=O)SCC#Cc1ncccc1C(=O)O. The number of carboxylic acid groups (broad SMARTS) is 1. The van der Waals surface area contributed by atoms with E-state index in [-0.39, 0.29) is 16.4 Å². The lowest BCUT2D eigenvalue weighted by molar-refractivity contribution is -0.109. The van der Waals surface area contributed by atoms with Crippen molar-refractivity contribution in [3.05, 3.63) is 29.6 Å². The van der Waals surface area contributed by atoms with Gasteiger partial charge in [0.1, 0.15) is 5.69 Å². The van der Waals surface area contributed by atoms with Gasteiger partial charge < -0.3 is 5.11 Å². The number of pyridine rings is 1. The molecule has 4 nitrogen and oxygen atoms in total. The van der Waals surface area contributed by atoms with E-state index in [9.17, 15) is 9.59 Å². The van der Waals surface area contributed by atoms with E-state index in [4.69, 9.17) is 5.11 Å². The molecule has 1 heterocycles. The predicted molar refractivity (Wildman–Crippen MR) is 61.2 cm³/mol. The number of thioether (sulfide) groups is 1. The minimum atomic E-state index is -1.06. The zero-order valence-electron chi connectivity index (χ0n) is 8.56. The Bertz CT molecular complexity index is 474. The Balaban J connectivity index is 2.80. The molecule has 0 atom stereocenters. The van der Waals surface area contributed by atoms with Crippen LogP contribution < -0.4 is 0 Å². The fourth-order valence-electron chi connectivity index (χ4n) is 0.935. The van der Waals surface area contributed by atoms with Gasteiger partial charge in [0.2, 0.25) is 0 Å². The Kier molecular flexibility index (Phi) is 4.55. The quantitative estimate of drug-likeness (QED) is 0.785. The van der Waals surface area contributed by atoms with E-state index in [1.165, 1.54) is 19.2 Å². The molecule has 16 heavy (non-hydrogen) atoms. The minimum Gasteiger partial charge on any atom is -0.478 e. The van der Waals surface area contributed by atoms with Crippen molar-refractivity contribution in [2.24, 2.45) is 0 Å². The van der Waals surface area contributed by atoms with Crippen molar-refractivity contribution in [1.82, 2.24) is 4.98 Å². The van der Waals surface area contributed by atoms with Crippen molar-refractivity contribution in [2.75, 3.05) is 5.75 Å². The van der Waals surface area contributed by atoms with Crippen molar-refractivity contribution in [3.63, 3.8) is 0 Å². The molecule has 0 aliphatic heterocycles. The van der Waals surface area contributed by atoms with Crippen molar-refractivity contribution < 1.29 is 14.7 Å². The highest BCUT2D eigenvalue weighted by Gasteiger charge is 2.07. The first-order valence-corrected chi connectivity index (χ1v) is 5.40. The molecule has 5 heteroatoms. The first-order chi connectivity index (χ1) is 7.61. The fraction of sp³-hybridized carbons (Fsp3) is 0.182. The maximum Gasteiger partial charge on any atom is 0.338 e. The first-order valence-electron chi connectivity index (χ1n) is 4.42. The van der Waals surface area contributed by atoms with Crippen LogP contribution in [0.15, 0.2) is 18.3 Å². The lowest BCUT2D eigenvalue weighted by Crippen LogP contribution is -2.01. The van der Waals surface area contributed by atoms with E-state index >= 15 is 0 Å². The highest BCUT2D eigenvalue weighted by Crippen LogP contribution is 2.04. The monoisotopic (exact) mass is 235 g/mol. The molecule has 0 saturated carbocycles. The Morgan fingerprint density at radius 2 is 2.31 bits per heavy atom. The topological polar surface area (TPSA) is 67.3 Å². The summed E-state index contributed by atoms with van der Waals surface area (Å²) < 4.78 is 0. The molecule has 1 N–H and O–H groups in total. The third-order valence-corrected chi connectivity index (χ3v) is 2.29. The number of aromatic carboxylic acids is 1. The average molecular weight is 235 g/mol. The number of rotatable bonds is 2. The van der Waals surface area contributed by atoms with Gasteiger partial charge in [-0.15, -0.1) is 0 Å². The van der Waals surface area contributed by atoms with Crippen LogP contribution in [0.4, 0.5) is 0 Å². The van der Waals surface area contributed by atoms with Crippen LogP contribution in [0.2, 0.25) is 0 Å². The van der Waals surface area contributed by atoms with Gasteiger partial charge in [0.15, 0.2) is 5.12 Å². The van der Waals surface area contributed by atoms with Gasteiger partial charge in [-0.2, -0.15) is 0 Å². The second-order valence-electron chi connectivity index (χ2n) is 2.79. The molecule has 0 aliphatic rings.